The van der Waals surface area contributed by atoms with Crippen molar-refractivity contribution in [1.29, 1.82) is 0 Å². The topological polar surface area (TPSA) is 69.3 Å². The number of fused-ring (bicyclic) bond motifs is 4. The Morgan fingerprint density at radius 2 is 1.64 bits per heavy atom. The molecule has 6 atom stereocenters. The van der Waals surface area contributed by atoms with Crippen molar-refractivity contribution in [3.05, 3.63) is 120 Å². The first-order valence-electron chi connectivity index (χ1n) is 16.2. The van der Waals surface area contributed by atoms with Crippen molar-refractivity contribution in [2.45, 2.75) is 49.7 Å². The van der Waals surface area contributed by atoms with Gasteiger partial charge in [-0.1, -0.05) is 54.6 Å². The van der Waals surface area contributed by atoms with Crippen molar-refractivity contribution in [3.63, 3.8) is 0 Å². The van der Waals surface area contributed by atoms with Gasteiger partial charge in [-0.05, 0) is 84.9 Å². The molecule has 1 amide bonds. The Hall–Kier alpha value is -4.49. The van der Waals surface area contributed by atoms with Crippen LogP contribution in [-0.2, 0) is 23.6 Å². The van der Waals surface area contributed by atoms with E-state index in [0.717, 1.165) is 48.0 Å². The van der Waals surface area contributed by atoms with E-state index in [1.54, 1.807) is 18.3 Å². The zero-order valence-corrected chi connectivity index (χ0v) is 27.6. The van der Waals surface area contributed by atoms with Crippen molar-refractivity contribution >= 4 is 39.8 Å². The molecule has 2 bridgehead atoms. The molecular weight excluding hydrogens is 676 g/mol. The summed E-state index contributed by atoms with van der Waals surface area (Å²) in [6.45, 7) is 5.71. The molecule has 3 fully saturated rings. The first-order valence-corrected chi connectivity index (χ1v) is 16.6. The van der Waals surface area contributed by atoms with Crippen LogP contribution in [0, 0.1) is 11.8 Å². The molecule has 3 aliphatic rings. The number of nitrogens with zero attached hydrogens (tertiary/aromatic N) is 2. The number of aromatic nitrogens is 1. The number of hydrogen-bond donors (Lipinski definition) is 3. The predicted molar refractivity (Wildman–Crippen MR) is 184 cm³/mol. The highest BCUT2D eigenvalue weighted by Gasteiger charge is 2.44. The fraction of sp³-hybridized carbons (Fsp3) is 0.324. The van der Waals surface area contributed by atoms with Gasteiger partial charge in [0.2, 0.25) is 5.91 Å². The molecular formula is C37H35F6N5OS. The van der Waals surface area contributed by atoms with E-state index in [1.807, 2.05) is 54.6 Å². The molecule has 13 heteroatoms. The number of hydrogen-bond acceptors (Lipinski definition) is 4. The molecule has 7 rings (SSSR count). The van der Waals surface area contributed by atoms with Gasteiger partial charge in [0.15, 0.2) is 5.11 Å². The molecule has 0 radical (unpaired) electrons. The van der Waals surface area contributed by atoms with Crippen LogP contribution >= 0.6 is 12.2 Å². The summed E-state index contributed by atoms with van der Waals surface area (Å²) in [5, 5.41) is 9.20. The van der Waals surface area contributed by atoms with Crippen LogP contribution in [0.2, 0.25) is 0 Å². The van der Waals surface area contributed by atoms with E-state index in [-0.39, 0.29) is 23.6 Å². The van der Waals surface area contributed by atoms with Gasteiger partial charge >= 0.3 is 12.4 Å². The molecule has 6 nitrogen and oxygen atoms in total. The van der Waals surface area contributed by atoms with Crippen LogP contribution in [0.1, 0.15) is 41.1 Å². The van der Waals surface area contributed by atoms with Gasteiger partial charge in [0, 0.05) is 36.3 Å². The second-order valence-electron chi connectivity index (χ2n) is 12.8. The van der Waals surface area contributed by atoms with Gasteiger partial charge < -0.3 is 16.0 Å². The van der Waals surface area contributed by atoms with E-state index in [1.165, 1.54) is 0 Å². The number of nitrogens with one attached hydrogen (secondary N) is 3. The highest BCUT2D eigenvalue weighted by atomic mass is 32.1. The van der Waals surface area contributed by atoms with Crippen LogP contribution in [-0.4, -0.2) is 46.1 Å². The number of para-hydroxylation sites is 1. The van der Waals surface area contributed by atoms with Crippen LogP contribution in [0.5, 0.6) is 0 Å². The van der Waals surface area contributed by atoms with Crippen LogP contribution in [0.3, 0.4) is 0 Å². The number of halogens is 6. The standard InChI is InChI=1S/C37H35F6N5OS/c1-2-23-21-48-15-13-24(23)17-32(48)33(29-12-14-44-30-11-7-6-10-28(29)30)47-34(49)31(16-22-8-4-3-5-9-22)46-35(50)45-27-19-25(36(38,39)40)18-26(20-27)37(41,42)43/h2-12,14,18-20,23-24,31-33H,1,13,15-17,21H2,(H,47,49)(H2,45,46,50)/t23?,24?,31-,32?,33+/m1/s1. The zero-order valence-electron chi connectivity index (χ0n) is 26.8. The molecule has 3 N–H and O–H groups in total. The Morgan fingerprint density at radius 3 is 2.28 bits per heavy atom. The van der Waals surface area contributed by atoms with Crippen LogP contribution in [0.25, 0.3) is 10.9 Å². The Morgan fingerprint density at radius 1 is 0.960 bits per heavy atom. The zero-order chi connectivity index (χ0) is 35.6. The lowest BCUT2D eigenvalue weighted by Gasteiger charge is -2.51. The smallest absolute Gasteiger partial charge is 0.350 e. The number of thiocarbonyl (C=S) groups is 1. The summed E-state index contributed by atoms with van der Waals surface area (Å²) in [7, 11) is 0. The molecule has 0 spiro atoms. The lowest BCUT2D eigenvalue weighted by Crippen LogP contribution is -2.59. The lowest BCUT2D eigenvalue weighted by atomic mass is 9.73. The second-order valence-corrected chi connectivity index (χ2v) is 13.2. The molecule has 4 unspecified atom stereocenters. The molecule has 262 valence electrons. The SMILES string of the molecule is C=CC1CN2CCC1CC2[C@@H](NC(=O)[C@@H](Cc1ccccc1)NC(=S)Nc1cc(C(F)(F)F)cc(C(F)(F)F)c1)c1ccnc2ccccc12. The number of piperidine rings is 3. The highest BCUT2D eigenvalue weighted by molar-refractivity contribution is 7.80. The van der Waals surface area contributed by atoms with Gasteiger partial charge in [0.25, 0.3) is 0 Å². The monoisotopic (exact) mass is 711 g/mol. The predicted octanol–water partition coefficient (Wildman–Crippen LogP) is 7.92. The molecule has 3 saturated heterocycles. The largest absolute Gasteiger partial charge is 0.416 e. The van der Waals surface area contributed by atoms with Crippen LogP contribution < -0.4 is 16.0 Å². The third-order valence-electron chi connectivity index (χ3n) is 9.60. The van der Waals surface area contributed by atoms with Crippen molar-refractivity contribution < 1.29 is 31.1 Å². The number of alkyl halides is 6. The average Bonchev–Trinajstić information content (AvgIpc) is 3.09. The van der Waals surface area contributed by atoms with Gasteiger partial charge in [-0.25, -0.2) is 0 Å². The number of amides is 1. The van der Waals surface area contributed by atoms with Gasteiger partial charge in [0.1, 0.15) is 6.04 Å². The first-order chi connectivity index (χ1) is 23.8. The Balaban J connectivity index is 1.31. The molecule has 0 aliphatic carbocycles. The molecule has 0 saturated carbocycles. The quantitative estimate of drug-likeness (QED) is 0.0932. The maximum atomic E-state index is 14.4. The van der Waals surface area contributed by atoms with Gasteiger partial charge in [-0.15, -0.1) is 6.58 Å². The second kappa shape index (κ2) is 14.4. The van der Waals surface area contributed by atoms with Gasteiger partial charge in [-0.2, -0.15) is 26.3 Å². The summed E-state index contributed by atoms with van der Waals surface area (Å²) >= 11 is 5.40. The number of rotatable bonds is 9. The summed E-state index contributed by atoms with van der Waals surface area (Å²) in [5.41, 5.74) is -1.07. The molecule has 4 heterocycles. The maximum Gasteiger partial charge on any atom is 0.416 e. The van der Waals surface area contributed by atoms with E-state index in [0.29, 0.717) is 24.0 Å². The van der Waals surface area contributed by atoms with Gasteiger partial charge in [-0.3, -0.25) is 14.7 Å². The van der Waals surface area contributed by atoms with E-state index >= 15 is 0 Å². The molecule has 3 aliphatic heterocycles. The minimum atomic E-state index is -5.03. The maximum absolute atomic E-state index is 14.4. The summed E-state index contributed by atoms with van der Waals surface area (Å²) < 4.78 is 81.2. The Kier molecular flexibility index (Phi) is 10.2. The van der Waals surface area contributed by atoms with Crippen LogP contribution in [0.15, 0.2) is 97.7 Å². The van der Waals surface area contributed by atoms with Crippen molar-refractivity contribution in [2.24, 2.45) is 11.8 Å². The van der Waals surface area contributed by atoms with Crippen molar-refractivity contribution in [3.8, 4) is 0 Å². The Bertz CT molecular complexity index is 1830. The highest BCUT2D eigenvalue weighted by Crippen LogP contribution is 2.42. The minimum Gasteiger partial charge on any atom is -0.350 e. The average molecular weight is 712 g/mol. The number of anilines is 1. The number of benzene rings is 3. The van der Waals surface area contributed by atoms with E-state index in [9.17, 15) is 31.1 Å². The van der Waals surface area contributed by atoms with E-state index < -0.39 is 47.2 Å². The summed E-state index contributed by atoms with van der Waals surface area (Å²) in [6, 6.07) is 18.2. The normalized spacial score (nSPS) is 21.6. The summed E-state index contributed by atoms with van der Waals surface area (Å²) in [5.74, 6) is 0.307. The lowest BCUT2D eigenvalue weighted by molar-refractivity contribution is -0.143. The summed E-state index contributed by atoms with van der Waals surface area (Å²) in [6.07, 6.45) is -4.38. The summed E-state index contributed by atoms with van der Waals surface area (Å²) in [4.78, 5) is 21.3. The number of carbonyl (C=O) groups excluding carboxylic acids is 1. The Labute approximate surface area is 291 Å². The third-order valence-corrected chi connectivity index (χ3v) is 9.82. The fourth-order valence-electron chi connectivity index (χ4n) is 7.16. The minimum absolute atomic E-state index is 0.0431. The first kappa shape index (κ1) is 35.3. The van der Waals surface area contributed by atoms with E-state index in [4.69, 9.17) is 12.2 Å². The van der Waals surface area contributed by atoms with Gasteiger partial charge in [0.05, 0.1) is 22.7 Å². The fourth-order valence-corrected chi connectivity index (χ4v) is 7.42. The molecule has 3 aromatic carbocycles. The number of pyridine rings is 1. The molecule has 50 heavy (non-hydrogen) atoms. The van der Waals surface area contributed by atoms with E-state index in [2.05, 4.69) is 32.4 Å². The van der Waals surface area contributed by atoms with Crippen LogP contribution in [0.4, 0.5) is 32.0 Å². The van der Waals surface area contributed by atoms with Crippen molar-refractivity contribution in [2.75, 3.05) is 18.4 Å². The molecule has 4 aromatic rings. The third kappa shape index (κ3) is 7.94. The molecule has 1 aromatic heterocycles. The number of carbonyl (C=O) groups is 1. The van der Waals surface area contributed by atoms with Crippen molar-refractivity contribution in [1.82, 2.24) is 20.5 Å².